The number of hydrogen-bond acceptors (Lipinski definition) is 6. The minimum absolute atomic E-state index is 0.0855. The molecular formula is C36H37F3N4O3S. The van der Waals surface area contributed by atoms with Crippen molar-refractivity contribution in [1.29, 1.82) is 0 Å². The van der Waals surface area contributed by atoms with Crippen LogP contribution in [0.25, 0.3) is 11.3 Å². The Kier molecular flexibility index (Phi) is 11.6. The van der Waals surface area contributed by atoms with E-state index in [2.05, 4.69) is 26.6 Å². The van der Waals surface area contributed by atoms with Gasteiger partial charge in [0.25, 0.3) is 5.91 Å². The Morgan fingerprint density at radius 3 is 2.38 bits per heavy atom. The molecule has 4 aromatic rings. The summed E-state index contributed by atoms with van der Waals surface area (Å²) in [6.45, 7) is 2.59. The standard InChI is InChI=1S/C36H37F3N4O3S/c37-36(38,39)29-9-5-6-25(19-29)22-40-23-26-12-14-41-33(20-26)31-21-30(43-15-2-1-3-16-43)10-11-32(31)42-35(46)28-8-4-7-27(18-28)24-47-17-13-34(44)45/h4-12,14,18-21,40H,1-3,13,15-17,22-24H2,(H,42,46)(H,44,45). The van der Waals surface area contributed by atoms with Crippen molar-refractivity contribution in [3.05, 3.63) is 113 Å². The van der Waals surface area contributed by atoms with Gasteiger partial charge in [0.15, 0.2) is 0 Å². The lowest BCUT2D eigenvalue weighted by molar-refractivity contribution is -0.138. The average Bonchev–Trinajstić information content (AvgIpc) is 3.07. The van der Waals surface area contributed by atoms with Crippen LogP contribution in [0.5, 0.6) is 0 Å². The van der Waals surface area contributed by atoms with Crippen molar-refractivity contribution in [3.63, 3.8) is 0 Å². The molecule has 1 saturated heterocycles. The summed E-state index contributed by atoms with van der Waals surface area (Å²) in [4.78, 5) is 31.3. The van der Waals surface area contributed by atoms with Crippen LogP contribution in [-0.4, -0.2) is 40.8 Å². The first-order valence-electron chi connectivity index (χ1n) is 15.6. The minimum Gasteiger partial charge on any atom is -0.481 e. The average molecular weight is 663 g/mol. The monoisotopic (exact) mass is 662 g/mol. The van der Waals surface area contributed by atoms with E-state index in [1.807, 2.05) is 42.5 Å². The number of carboxylic acid groups (broad SMARTS) is 1. The number of halogens is 3. The first-order chi connectivity index (χ1) is 22.7. The van der Waals surface area contributed by atoms with E-state index >= 15 is 0 Å². The Morgan fingerprint density at radius 2 is 1.62 bits per heavy atom. The summed E-state index contributed by atoms with van der Waals surface area (Å²) < 4.78 is 39.4. The topological polar surface area (TPSA) is 94.6 Å². The van der Waals surface area contributed by atoms with Gasteiger partial charge in [0.05, 0.1) is 23.4 Å². The summed E-state index contributed by atoms with van der Waals surface area (Å²) in [7, 11) is 0. The second-order valence-corrected chi connectivity index (χ2v) is 12.6. The number of alkyl halides is 3. The molecule has 7 nitrogen and oxygen atoms in total. The number of carbonyl (C=O) groups is 2. The quantitative estimate of drug-likeness (QED) is 0.125. The van der Waals surface area contributed by atoms with Crippen molar-refractivity contribution < 1.29 is 27.9 Å². The number of carbonyl (C=O) groups excluding carboxylic acids is 1. The predicted octanol–water partition coefficient (Wildman–Crippen LogP) is 8.01. The third-order valence-corrected chi connectivity index (χ3v) is 8.93. The molecule has 5 rings (SSSR count). The Bertz CT molecular complexity index is 1690. The summed E-state index contributed by atoms with van der Waals surface area (Å²) in [6.07, 6.45) is 0.820. The minimum atomic E-state index is -4.39. The van der Waals surface area contributed by atoms with Crippen LogP contribution in [0.15, 0.2) is 85.1 Å². The van der Waals surface area contributed by atoms with Gasteiger partial charge in [-0.3, -0.25) is 14.6 Å². The van der Waals surface area contributed by atoms with Crippen LogP contribution in [0.2, 0.25) is 0 Å². The van der Waals surface area contributed by atoms with E-state index in [4.69, 9.17) is 5.11 Å². The van der Waals surface area contributed by atoms with Crippen molar-refractivity contribution in [2.75, 3.05) is 29.1 Å². The number of nitrogens with one attached hydrogen (secondary N) is 2. The molecule has 1 fully saturated rings. The van der Waals surface area contributed by atoms with Gasteiger partial charge in [0.2, 0.25) is 0 Å². The first kappa shape index (κ1) is 34.0. The summed E-state index contributed by atoms with van der Waals surface area (Å²) in [5.41, 5.74) is 5.28. The van der Waals surface area contributed by atoms with Crippen LogP contribution in [0.3, 0.4) is 0 Å². The number of benzene rings is 3. The molecule has 1 aromatic heterocycles. The number of aliphatic carboxylic acids is 1. The molecule has 0 saturated carbocycles. The van der Waals surface area contributed by atoms with E-state index in [1.165, 1.54) is 24.2 Å². The first-order valence-corrected chi connectivity index (χ1v) is 16.7. The Hall–Kier alpha value is -4.35. The molecule has 0 atom stereocenters. The summed E-state index contributed by atoms with van der Waals surface area (Å²) in [5, 5.41) is 15.2. The van der Waals surface area contributed by atoms with Crippen molar-refractivity contribution in [3.8, 4) is 11.3 Å². The number of rotatable bonds is 13. The highest BCUT2D eigenvalue weighted by molar-refractivity contribution is 7.98. The lowest BCUT2D eigenvalue weighted by atomic mass is 10.0. The molecule has 0 unspecified atom stereocenters. The van der Waals surface area contributed by atoms with Gasteiger partial charge in [-0.05, 0) is 84.5 Å². The zero-order valence-corrected chi connectivity index (χ0v) is 26.7. The SMILES string of the molecule is O=C(O)CCSCc1cccc(C(=O)Nc2ccc(N3CCCCC3)cc2-c2cc(CNCc3cccc(C(F)(F)F)c3)ccn2)c1. The molecule has 246 valence electrons. The molecule has 3 aromatic carbocycles. The van der Waals surface area contributed by atoms with Gasteiger partial charge in [0, 0.05) is 60.7 Å². The summed E-state index contributed by atoms with van der Waals surface area (Å²) in [5.74, 6) is -0.0130. The van der Waals surface area contributed by atoms with E-state index in [0.717, 1.165) is 60.4 Å². The van der Waals surface area contributed by atoms with E-state index in [1.54, 1.807) is 18.3 Å². The van der Waals surface area contributed by atoms with Crippen molar-refractivity contribution in [2.24, 2.45) is 0 Å². The van der Waals surface area contributed by atoms with Gasteiger partial charge in [-0.15, -0.1) is 0 Å². The van der Waals surface area contributed by atoms with E-state index in [-0.39, 0.29) is 18.9 Å². The number of nitrogens with zero attached hydrogens (tertiary/aromatic N) is 2. The zero-order valence-electron chi connectivity index (χ0n) is 25.9. The van der Waals surface area contributed by atoms with Crippen LogP contribution in [0, 0.1) is 0 Å². The van der Waals surface area contributed by atoms with Crippen LogP contribution in [-0.2, 0) is 29.8 Å². The Labute approximate surface area is 276 Å². The number of carboxylic acids is 1. The predicted molar refractivity (Wildman–Crippen MR) is 181 cm³/mol. The second kappa shape index (κ2) is 16.0. The van der Waals surface area contributed by atoms with Crippen LogP contribution >= 0.6 is 11.8 Å². The molecule has 11 heteroatoms. The van der Waals surface area contributed by atoms with Crippen molar-refractivity contribution in [2.45, 2.75) is 50.7 Å². The molecule has 2 heterocycles. The lowest BCUT2D eigenvalue weighted by Crippen LogP contribution is -2.29. The third kappa shape index (κ3) is 9.82. The maximum absolute atomic E-state index is 13.5. The smallest absolute Gasteiger partial charge is 0.416 e. The highest BCUT2D eigenvalue weighted by Gasteiger charge is 2.30. The normalized spacial score (nSPS) is 13.4. The number of thioether (sulfide) groups is 1. The van der Waals surface area contributed by atoms with Crippen LogP contribution in [0.4, 0.5) is 24.5 Å². The molecule has 1 aliphatic rings. The highest BCUT2D eigenvalue weighted by Crippen LogP contribution is 2.33. The largest absolute Gasteiger partial charge is 0.481 e. The molecule has 0 radical (unpaired) electrons. The fourth-order valence-corrected chi connectivity index (χ4v) is 6.37. The molecule has 0 aliphatic carbocycles. The van der Waals surface area contributed by atoms with Gasteiger partial charge >= 0.3 is 12.1 Å². The number of anilines is 2. The number of hydrogen-bond donors (Lipinski definition) is 3. The van der Waals surface area contributed by atoms with E-state index in [0.29, 0.717) is 40.6 Å². The molecular weight excluding hydrogens is 625 g/mol. The van der Waals surface area contributed by atoms with Crippen LogP contribution in [0.1, 0.15) is 58.3 Å². The number of piperidine rings is 1. The number of pyridine rings is 1. The number of amides is 1. The highest BCUT2D eigenvalue weighted by atomic mass is 32.2. The Balaban J connectivity index is 1.34. The lowest BCUT2D eigenvalue weighted by Gasteiger charge is -2.29. The molecule has 3 N–H and O–H groups in total. The van der Waals surface area contributed by atoms with Crippen molar-refractivity contribution in [1.82, 2.24) is 10.3 Å². The van der Waals surface area contributed by atoms with Gasteiger partial charge in [-0.25, -0.2) is 0 Å². The van der Waals surface area contributed by atoms with Crippen molar-refractivity contribution >= 4 is 35.0 Å². The summed E-state index contributed by atoms with van der Waals surface area (Å²) >= 11 is 1.51. The second-order valence-electron chi connectivity index (χ2n) is 11.5. The molecule has 47 heavy (non-hydrogen) atoms. The van der Waals surface area contributed by atoms with Gasteiger partial charge in [-0.2, -0.15) is 24.9 Å². The van der Waals surface area contributed by atoms with Gasteiger partial charge in [0.1, 0.15) is 0 Å². The molecule has 1 aliphatic heterocycles. The van der Waals surface area contributed by atoms with Gasteiger partial charge in [-0.1, -0.05) is 30.3 Å². The maximum Gasteiger partial charge on any atom is 0.416 e. The van der Waals surface area contributed by atoms with Gasteiger partial charge < -0.3 is 20.6 Å². The fourth-order valence-electron chi connectivity index (χ4n) is 5.49. The maximum atomic E-state index is 13.5. The third-order valence-electron chi connectivity index (χ3n) is 7.90. The van der Waals surface area contributed by atoms with E-state index < -0.39 is 17.7 Å². The number of aromatic nitrogens is 1. The van der Waals surface area contributed by atoms with Crippen LogP contribution < -0.4 is 15.5 Å². The van der Waals surface area contributed by atoms with E-state index in [9.17, 15) is 22.8 Å². The molecule has 1 amide bonds. The Morgan fingerprint density at radius 1 is 0.872 bits per heavy atom. The summed E-state index contributed by atoms with van der Waals surface area (Å²) in [6, 6.07) is 22.4. The fraction of sp³-hybridized carbons (Fsp3) is 0.306. The molecule has 0 bridgehead atoms. The zero-order chi connectivity index (χ0) is 33.2. The molecule has 0 spiro atoms.